The molecule has 1 saturated carbocycles. The number of carbonyl (C=O) groups excluding carboxylic acids is 1. The average Bonchev–Trinajstić information content (AvgIpc) is 3.07. The third kappa shape index (κ3) is 7.23. The Morgan fingerprint density at radius 1 is 1.44 bits per heavy atom. The van der Waals surface area contributed by atoms with Gasteiger partial charge in [0.05, 0.1) is 0 Å². The van der Waals surface area contributed by atoms with Gasteiger partial charge in [-0.05, 0) is 32.1 Å². The molecular formula is C13H21NO2. The summed E-state index contributed by atoms with van der Waals surface area (Å²) in [5.74, 6) is 0.777. The molecular weight excluding hydrogens is 202 g/mol. The van der Waals surface area contributed by atoms with Crippen molar-refractivity contribution in [2.75, 3.05) is 19.8 Å². The van der Waals surface area contributed by atoms with E-state index in [0.717, 1.165) is 25.6 Å². The van der Waals surface area contributed by atoms with Crippen LogP contribution in [0.25, 0.3) is 0 Å². The maximum absolute atomic E-state index is 11.2. The van der Waals surface area contributed by atoms with E-state index in [1.807, 2.05) is 19.1 Å². The molecule has 1 aliphatic carbocycles. The fraction of sp³-hybridized carbons (Fsp3) is 0.615. The molecule has 0 aromatic heterocycles. The van der Waals surface area contributed by atoms with Gasteiger partial charge in [-0.1, -0.05) is 18.2 Å². The number of ether oxygens (including phenoxy) is 1. The number of carbonyl (C=O) groups is 1. The molecule has 0 radical (unpaired) electrons. The third-order valence-electron chi connectivity index (χ3n) is 2.37. The molecule has 16 heavy (non-hydrogen) atoms. The van der Waals surface area contributed by atoms with Crippen molar-refractivity contribution in [1.82, 2.24) is 5.32 Å². The minimum atomic E-state index is -0.0414. The molecule has 0 spiro atoms. The van der Waals surface area contributed by atoms with E-state index in [9.17, 15) is 4.79 Å². The summed E-state index contributed by atoms with van der Waals surface area (Å²) in [6.07, 6.45) is 10.5. The molecule has 1 N–H and O–H groups in total. The number of allylic oxidation sites excluding steroid dienone is 3. The van der Waals surface area contributed by atoms with Crippen molar-refractivity contribution in [1.29, 1.82) is 0 Å². The molecule has 3 heteroatoms. The quantitative estimate of drug-likeness (QED) is 0.388. The highest BCUT2D eigenvalue weighted by atomic mass is 16.5. The molecule has 0 heterocycles. The first-order valence-electron chi connectivity index (χ1n) is 5.98. The lowest BCUT2D eigenvalue weighted by atomic mass is 10.4. The molecule has 0 aliphatic heterocycles. The van der Waals surface area contributed by atoms with Crippen molar-refractivity contribution in [2.45, 2.75) is 26.2 Å². The molecule has 90 valence electrons. The normalized spacial score (nSPS) is 16.1. The number of hydrogen-bond donors (Lipinski definition) is 1. The minimum absolute atomic E-state index is 0.0414. The topological polar surface area (TPSA) is 38.3 Å². The Morgan fingerprint density at radius 3 is 2.94 bits per heavy atom. The first-order chi connectivity index (χ1) is 7.83. The van der Waals surface area contributed by atoms with Crippen LogP contribution in [-0.4, -0.2) is 25.7 Å². The highest BCUT2D eigenvalue weighted by Gasteiger charge is 2.20. The Labute approximate surface area is 97.6 Å². The summed E-state index contributed by atoms with van der Waals surface area (Å²) in [6.45, 7) is 4.24. The molecule has 0 aromatic carbocycles. The van der Waals surface area contributed by atoms with Crippen LogP contribution in [0.3, 0.4) is 0 Å². The summed E-state index contributed by atoms with van der Waals surface area (Å²) in [4.78, 5) is 11.2. The summed E-state index contributed by atoms with van der Waals surface area (Å²) in [7, 11) is 0. The lowest BCUT2D eigenvalue weighted by Crippen LogP contribution is -2.23. The maximum Gasteiger partial charge on any atom is 0.243 e. The van der Waals surface area contributed by atoms with Gasteiger partial charge in [-0.2, -0.15) is 0 Å². The van der Waals surface area contributed by atoms with Gasteiger partial charge in [0.1, 0.15) is 0 Å². The van der Waals surface area contributed by atoms with E-state index in [0.29, 0.717) is 6.54 Å². The van der Waals surface area contributed by atoms with E-state index in [1.165, 1.54) is 18.9 Å². The second-order valence-electron chi connectivity index (χ2n) is 4.05. The predicted octanol–water partition coefficient (Wildman–Crippen LogP) is 2.05. The average molecular weight is 223 g/mol. The number of amides is 1. The first kappa shape index (κ1) is 13.0. The van der Waals surface area contributed by atoms with Crippen molar-refractivity contribution < 1.29 is 9.53 Å². The van der Waals surface area contributed by atoms with Crippen molar-refractivity contribution in [3.63, 3.8) is 0 Å². The zero-order valence-corrected chi connectivity index (χ0v) is 9.95. The highest BCUT2D eigenvalue weighted by Crippen LogP contribution is 2.28. The second kappa shape index (κ2) is 8.11. The van der Waals surface area contributed by atoms with E-state index in [-0.39, 0.29) is 5.91 Å². The van der Waals surface area contributed by atoms with E-state index >= 15 is 0 Å². The summed E-state index contributed by atoms with van der Waals surface area (Å²) in [5.41, 5.74) is 0. The molecule has 0 aromatic rings. The van der Waals surface area contributed by atoms with Gasteiger partial charge in [0.2, 0.25) is 5.91 Å². The van der Waals surface area contributed by atoms with Crippen molar-refractivity contribution in [3.8, 4) is 0 Å². The van der Waals surface area contributed by atoms with Crippen LogP contribution >= 0.6 is 0 Å². The van der Waals surface area contributed by atoms with Crippen LogP contribution in [-0.2, 0) is 9.53 Å². The lowest BCUT2D eigenvalue weighted by Gasteiger charge is -2.03. The lowest BCUT2D eigenvalue weighted by molar-refractivity contribution is -0.116. The van der Waals surface area contributed by atoms with Crippen LogP contribution in [0.5, 0.6) is 0 Å². The summed E-state index contributed by atoms with van der Waals surface area (Å²) in [5, 5.41) is 2.81. The molecule has 1 rings (SSSR count). The molecule has 0 atom stereocenters. The largest absolute Gasteiger partial charge is 0.381 e. The van der Waals surface area contributed by atoms with E-state index in [4.69, 9.17) is 4.74 Å². The monoisotopic (exact) mass is 223 g/mol. The predicted molar refractivity (Wildman–Crippen MR) is 65.1 cm³/mol. The Bertz CT molecular complexity index is 255. The molecule has 1 aliphatic rings. The minimum Gasteiger partial charge on any atom is -0.381 e. The van der Waals surface area contributed by atoms with Crippen molar-refractivity contribution in [3.05, 3.63) is 24.3 Å². The van der Waals surface area contributed by atoms with Gasteiger partial charge in [0.25, 0.3) is 0 Å². The number of rotatable bonds is 8. The van der Waals surface area contributed by atoms with Gasteiger partial charge in [-0.3, -0.25) is 4.79 Å². The van der Waals surface area contributed by atoms with Gasteiger partial charge in [0, 0.05) is 25.8 Å². The number of nitrogens with one attached hydrogen (secondary N) is 1. The van der Waals surface area contributed by atoms with Crippen LogP contribution in [0.4, 0.5) is 0 Å². The van der Waals surface area contributed by atoms with Crippen LogP contribution in [0.1, 0.15) is 26.2 Å². The Balaban J connectivity index is 1.87. The smallest absolute Gasteiger partial charge is 0.243 e. The van der Waals surface area contributed by atoms with Crippen molar-refractivity contribution >= 4 is 5.91 Å². The zero-order valence-electron chi connectivity index (χ0n) is 9.95. The van der Waals surface area contributed by atoms with E-state index < -0.39 is 0 Å². The summed E-state index contributed by atoms with van der Waals surface area (Å²) < 4.78 is 5.46. The van der Waals surface area contributed by atoms with E-state index in [2.05, 4.69) is 5.32 Å². The fourth-order valence-electron chi connectivity index (χ4n) is 1.23. The summed E-state index contributed by atoms with van der Waals surface area (Å²) >= 11 is 0. The third-order valence-corrected chi connectivity index (χ3v) is 2.37. The Hall–Kier alpha value is -1.09. The van der Waals surface area contributed by atoms with E-state index in [1.54, 1.807) is 6.08 Å². The molecule has 3 nitrogen and oxygen atoms in total. The van der Waals surface area contributed by atoms with Gasteiger partial charge in [-0.15, -0.1) is 0 Å². The SMILES string of the molecule is C/C=C/C=C/C(=O)NCCCOCC1CC1. The molecule has 0 saturated heterocycles. The first-order valence-corrected chi connectivity index (χ1v) is 5.98. The summed E-state index contributed by atoms with van der Waals surface area (Å²) in [6, 6.07) is 0. The fourth-order valence-corrected chi connectivity index (χ4v) is 1.23. The van der Waals surface area contributed by atoms with Crippen molar-refractivity contribution in [2.24, 2.45) is 5.92 Å². The zero-order chi connectivity index (χ0) is 11.6. The second-order valence-corrected chi connectivity index (χ2v) is 4.05. The van der Waals surface area contributed by atoms with Gasteiger partial charge >= 0.3 is 0 Å². The van der Waals surface area contributed by atoms with Gasteiger partial charge < -0.3 is 10.1 Å². The van der Waals surface area contributed by atoms with Crippen LogP contribution < -0.4 is 5.32 Å². The standard InChI is InChI=1S/C13H21NO2/c1-2-3-4-6-13(15)14-9-5-10-16-11-12-7-8-12/h2-4,6,12H,5,7-11H2,1H3,(H,14,15)/b3-2+,6-4+. The van der Waals surface area contributed by atoms with Crippen LogP contribution in [0.2, 0.25) is 0 Å². The van der Waals surface area contributed by atoms with Crippen LogP contribution in [0, 0.1) is 5.92 Å². The molecule has 0 bridgehead atoms. The Morgan fingerprint density at radius 2 is 2.25 bits per heavy atom. The molecule has 0 unspecified atom stereocenters. The maximum atomic E-state index is 11.2. The molecule has 1 amide bonds. The van der Waals surface area contributed by atoms with Crippen LogP contribution in [0.15, 0.2) is 24.3 Å². The van der Waals surface area contributed by atoms with Gasteiger partial charge in [-0.25, -0.2) is 0 Å². The number of hydrogen-bond acceptors (Lipinski definition) is 2. The Kier molecular flexibility index (Phi) is 6.58. The highest BCUT2D eigenvalue weighted by molar-refractivity contribution is 5.87. The molecule has 1 fully saturated rings. The van der Waals surface area contributed by atoms with Gasteiger partial charge in [0.15, 0.2) is 0 Å².